The van der Waals surface area contributed by atoms with E-state index < -0.39 is 5.97 Å². The van der Waals surface area contributed by atoms with E-state index in [0.29, 0.717) is 33.2 Å². The van der Waals surface area contributed by atoms with Gasteiger partial charge in [0.25, 0.3) is 0 Å². The number of hydrogen-bond donors (Lipinski definition) is 0. The minimum absolute atomic E-state index is 0.144. The van der Waals surface area contributed by atoms with E-state index in [1.54, 1.807) is 60.7 Å². The van der Waals surface area contributed by atoms with Gasteiger partial charge >= 0.3 is 5.97 Å². The number of methoxy groups -OCH3 is 1. The van der Waals surface area contributed by atoms with Crippen LogP contribution in [0.5, 0.6) is 11.5 Å². The maximum Gasteiger partial charge on any atom is 0.363 e. The SMILES string of the molecule is COc1cc(/C=C2\N=C(c3ccccc3Cl)OC2=O)ccc1OCc1cccc(F)c1. The fourth-order valence-corrected chi connectivity index (χ4v) is 3.21. The topological polar surface area (TPSA) is 57.1 Å². The Morgan fingerprint density at radius 2 is 1.90 bits per heavy atom. The number of aliphatic imine (C=N–C) groups is 1. The van der Waals surface area contributed by atoms with Gasteiger partial charge in [-0.3, -0.25) is 0 Å². The van der Waals surface area contributed by atoms with E-state index in [2.05, 4.69) is 4.99 Å². The third-order valence-electron chi connectivity index (χ3n) is 4.50. The minimum Gasteiger partial charge on any atom is -0.493 e. The fourth-order valence-electron chi connectivity index (χ4n) is 3.00. The van der Waals surface area contributed by atoms with Gasteiger partial charge in [0, 0.05) is 0 Å². The number of nitrogens with zero attached hydrogens (tertiary/aromatic N) is 1. The van der Waals surface area contributed by atoms with Gasteiger partial charge in [-0.2, -0.15) is 0 Å². The van der Waals surface area contributed by atoms with Gasteiger partial charge in [-0.1, -0.05) is 41.9 Å². The summed E-state index contributed by atoms with van der Waals surface area (Å²) in [7, 11) is 1.51. The third kappa shape index (κ3) is 4.75. The molecule has 0 saturated carbocycles. The normalized spacial score (nSPS) is 14.4. The van der Waals surface area contributed by atoms with Crippen LogP contribution in [0, 0.1) is 5.82 Å². The lowest BCUT2D eigenvalue weighted by Crippen LogP contribution is -2.05. The summed E-state index contributed by atoms with van der Waals surface area (Å²) in [5.41, 5.74) is 2.06. The number of rotatable bonds is 6. The highest BCUT2D eigenvalue weighted by atomic mass is 35.5. The van der Waals surface area contributed by atoms with Crippen molar-refractivity contribution in [1.29, 1.82) is 0 Å². The third-order valence-corrected chi connectivity index (χ3v) is 4.83. The number of ether oxygens (including phenoxy) is 3. The maximum absolute atomic E-state index is 13.3. The fraction of sp³-hybridized carbons (Fsp3) is 0.0833. The molecule has 0 bridgehead atoms. The molecule has 0 radical (unpaired) electrons. The summed E-state index contributed by atoms with van der Waals surface area (Å²) in [6.45, 7) is 0.187. The van der Waals surface area contributed by atoms with Crippen molar-refractivity contribution >= 4 is 29.5 Å². The average Bonchev–Trinajstić information content (AvgIpc) is 3.13. The first-order valence-electron chi connectivity index (χ1n) is 9.36. The van der Waals surface area contributed by atoms with Gasteiger partial charge in [0.1, 0.15) is 12.4 Å². The molecule has 0 saturated heterocycles. The van der Waals surface area contributed by atoms with Crippen LogP contribution < -0.4 is 9.47 Å². The van der Waals surface area contributed by atoms with Crippen LogP contribution in [0.25, 0.3) is 6.08 Å². The molecule has 0 aromatic heterocycles. The molecule has 0 atom stereocenters. The second kappa shape index (κ2) is 9.02. The quantitative estimate of drug-likeness (QED) is 0.382. The number of benzene rings is 3. The number of hydrogen-bond acceptors (Lipinski definition) is 5. The summed E-state index contributed by atoms with van der Waals surface area (Å²) in [5, 5.41) is 0.441. The van der Waals surface area contributed by atoms with E-state index in [4.69, 9.17) is 25.8 Å². The van der Waals surface area contributed by atoms with Crippen LogP contribution in [0.4, 0.5) is 4.39 Å². The van der Waals surface area contributed by atoms with Crippen molar-refractivity contribution in [2.75, 3.05) is 7.11 Å². The van der Waals surface area contributed by atoms with E-state index >= 15 is 0 Å². The molecule has 1 heterocycles. The number of carbonyl (C=O) groups excluding carboxylic acids is 1. The maximum atomic E-state index is 13.3. The Kier molecular flexibility index (Phi) is 6.00. The molecule has 0 aliphatic carbocycles. The molecule has 0 unspecified atom stereocenters. The first-order chi connectivity index (χ1) is 15.0. The molecule has 3 aromatic rings. The lowest BCUT2D eigenvalue weighted by atomic mass is 10.1. The summed E-state index contributed by atoms with van der Waals surface area (Å²) in [4.78, 5) is 16.5. The second-order valence-electron chi connectivity index (χ2n) is 6.64. The highest BCUT2D eigenvalue weighted by Gasteiger charge is 2.25. The van der Waals surface area contributed by atoms with Crippen LogP contribution in [-0.4, -0.2) is 19.0 Å². The molecule has 0 amide bonds. The lowest BCUT2D eigenvalue weighted by molar-refractivity contribution is -0.129. The predicted molar refractivity (Wildman–Crippen MR) is 116 cm³/mol. The Labute approximate surface area is 183 Å². The highest BCUT2D eigenvalue weighted by molar-refractivity contribution is 6.34. The summed E-state index contributed by atoms with van der Waals surface area (Å²) >= 11 is 6.16. The molecule has 0 N–H and O–H groups in total. The number of esters is 1. The molecule has 0 spiro atoms. The van der Waals surface area contributed by atoms with Crippen LogP contribution >= 0.6 is 11.6 Å². The second-order valence-corrected chi connectivity index (χ2v) is 7.05. The first-order valence-corrected chi connectivity index (χ1v) is 9.74. The molecule has 3 aromatic carbocycles. The van der Waals surface area contributed by atoms with Crippen molar-refractivity contribution in [3.05, 3.63) is 100.0 Å². The van der Waals surface area contributed by atoms with Crippen molar-refractivity contribution in [1.82, 2.24) is 0 Å². The van der Waals surface area contributed by atoms with Crippen molar-refractivity contribution in [2.24, 2.45) is 4.99 Å². The average molecular weight is 438 g/mol. The molecule has 7 heteroatoms. The Bertz CT molecular complexity index is 1210. The van der Waals surface area contributed by atoms with E-state index in [-0.39, 0.29) is 24.0 Å². The summed E-state index contributed by atoms with van der Waals surface area (Å²) in [6.07, 6.45) is 1.59. The number of cyclic esters (lactones) is 1. The van der Waals surface area contributed by atoms with E-state index in [0.717, 1.165) is 0 Å². The molecular weight excluding hydrogens is 421 g/mol. The van der Waals surface area contributed by atoms with Crippen molar-refractivity contribution in [3.8, 4) is 11.5 Å². The molecule has 5 nitrogen and oxygen atoms in total. The standard InChI is InChI=1S/C24H17ClFNO4/c1-29-22-13-15(9-10-21(22)30-14-16-5-4-6-17(26)11-16)12-20-24(28)31-23(27-20)18-7-2-3-8-19(18)25/h2-13H,14H2,1H3/b20-12-. The van der Waals surface area contributed by atoms with Crippen LogP contribution in [0.2, 0.25) is 5.02 Å². The van der Waals surface area contributed by atoms with Gasteiger partial charge in [-0.05, 0) is 53.6 Å². The van der Waals surface area contributed by atoms with Crippen LogP contribution in [0.1, 0.15) is 16.7 Å². The molecule has 0 fully saturated rings. The monoisotopic (exact) mass is 437 g/mol. The summed E-state index contributed by atoms with van der Waals surface area (Å²) < 4.78 is 29.7. The Hall–Kier alpha value is -3.64. The van der Waals surface area contributed by atoms with E-state index in [1.807, 2.05) is 0 Å². The van der Waals surface area contributed by atoms with Crippen molar-refractivity contribution in [3.63, 3.8) is 0 Å². The molecule has 4 rings (SSSR count). The van der Waals surface area contributed by atoms with Crippen LogP contribution in [0.15, 0.2) is 77.4 Å². The zero-order valence-electron chi connectivity index (χ0n) is 16.5. The predicted octanol–water partition coefficient (Wildman–Crippen LogP) is 5.41. The lowest BCUT2D eigenvalue weighted by Gasteiger charge is -2.11. The number of carbonyl (C=O) groups is 1. The van der Waals surface area contributed by atoms with Gasteiger partial charge in [0.05, 0.1) is 17.7 Å². The molecule has 1 aliphatic rings. The highest BCUT2D eigenvalue weighted by Crippen LogP contribution is 2.31. The largest absolute Gasteiger partial charge is 0.493 e. The smallest absolute Gasteiger partial charge is 0.363 e. The van der Waals surface area contributed by atoms with Gasteiger partial charge < -0.3 is 14.2 Å². The van der Waals surface area contributed by atoms with Crippen molar-refractivity contribution in [2.45, 2.75) is 6.61 Å². The van der Waals surface area contributed by atoms with E-state index in [1.165, 1.54) is 19.2 Å². The number of halogens is 2. The molecular formula is C24H17ClFNO4. The Morgan fingerprint density at radius 3 is 2.68 bits per heavy atom. The van der Waals surface area contributed by atoms with Crippen LogP contribution in [0.3, 0.4) is 0 Å². The Balaban J connectivity index is 1.55. The molecule has 1 aliphatic heterocycles. The van der Waals surface area contributed by atoms with Crippen molar-refractivity contribution < 1.29 is 23.4 Å². The van der Waals surface area contributed by atoms with Crippen LogP contribution in [-0.2, 0) is 16.1 Å². The summed E-state index contributed by atoms with van der Waals surface area (Å²) in [5.74, 6) is 0.218. The summed E-state index contributed by atoms with van der Waals surface area (Å²) in [6, 6.07) is 18.4. The minimum atomic E-state index is -0.569. The van der Waals surface area contributed by atoms with Gasteiger partial charge in [-0.15, -0.1) is 0 Å². The van der Waals surface area contributed by atoms with Gasteiger partial charge in [-0.25, -0.2) is 14.2 Å². The van der Waals surface area contributed by atoms with Gasteiger partial charge in [0.2, 0.25) is 5.90 Å². The Morgan fingerprint density at radius 1 is 1.06 bits per heavy atom. The van der Waals surface area contributed by atoms with Gasteiger partial charge in [0.15, 0.2) is 17.2 Å². The molecule has 31 heavy (non-hydrogen) atoms. The zero-order chi connectivity index (χ0) is 21.8. The first kappa shape index (κ1) is 20.6. The van der Waals surface area contributed by atoms with E-state index in [9.17, 15) is 9.18 Å². The molecule has 156 valence electrons. The zero-order valence-corrected chi connectivity index (χ0v) is 17.2.